The van der Waals surface area contributed by atoms with Gasteiger partial charge < -0.3 is 16.0 Å². The zero-order valence-corrected chi connectivity index (χ0v) is 14.5. The fourth-order valence-electron chi connectivity index (χ4n) is 2.74. The predicted octanol–water partition coefficient (Wildman–Crippen LogP) is 0.299. The van der Waals surface area contributed by atoms with Gasteiger partial charge in [0.25, 0.3) is 11.8 Å². The third-order valence-corrected chi connectivity index (χ3v) is 4.03. The van der Waals surface area contributed by atoms with Crippen molar-refractivity contribution in [3.05, 3.63) is 66.3 Å². The quantitative estimate of drug-likeness (QED) is 0.517. The van der Waals surface area contributed by atoms with E-state index in [0.717, 1.165) is 0 Å². The van der Waals surface area contributed by atoms with Crippen molar-refractivity contribution in [2.45, 2.75) is 19.4 Å². The van der Waals surface area contributed by atoms with Crippen LogP contribution < -0.4 is 11.1 Å². The second kappa shape index (κ2) is 7.65. The molecule has 0 aliphatic rings. The topological polar surface area (TPSA) is 136 Å². The Morgan fingerprint density at radius 2 is 2.07 bits per heavy atom. The lowest BCUT2D eigenvalue weighted by atomic mass is 10.1. The standard InChI is InChI=1S/C18H18N6O3/c1-11-22-10-15(24(11)13-5-3-6-20-9-13)18(27)23-14(16(25)17(19)26)8-12-4-2-7-21-12/h2-7,9-10,14,21H,8H2,1H3,(H2,19,26)(H,23,27). The summed E-state index contributed by atoms with van der Waals surface area (Å²) in [5.41, 5.74) is 6.69. The fourth-order valence-corrected chi connectivity index (χ4v) is 2.74. The highest BCUT2D eigenvalue weighted by Gasteiger charge is 2.27. The lowest BCUT2D eigenvalue weighted by molar-refractivity contribution is -0.137. The van der Waals surface area contributed by atoms with Crippen LogP contribution in [0.3, 0.4) is 0 Å². The Kier molecular flexibility index (Phi) is 5.11. The summed E-state index contributed by atoms with van der Waals surface area (Å²) < 4.78 is 1.61. The lowest BCUT2D eigenvalue weighted by Gasteiger charge is -2.16. The molecule has 1 unspecified atom stereocenters. The third-order valence-electron chi connectivity index (χ3n) is 4.03. The van der Waals surface area contributed by atoms with Crippen LogP contribution in [0.25, 0.3) is 5.69 Å². The Balaban J connectivity index is 1.88. The van der Waals surface area contributed by atoms with Crippen LogP contribution >= 0.6 is 0 Å². The first-order chi connectivity index (χ1) is 13.0. The molecule has 138 valence electrons. The number of primary amides is 1. The summed E-state index contributed by atoms with van der Waals surface area (Å²) in [7, 11) is 0. The van der Waals surface area contributed by atoms with E-state index in [4.69, 9.17) is 5.73 Å². The molecule has 0 radical (unpaired) electrons. The van der Waals surface area contributed by atoms with Gasteiger partial charge in [-0.15, -0.1) is 0 Å². The molecular weight excluding hydrogens is 348 g/mol. The first-order valence-electron chi connectivity index (χ1n) is 8.19. The summed E-state index contributed by atoms with van der Waals surface area (Å²) in [4.78, 5) is 47.5. The van der Waals surface area contributed by atoms with E-state index in [0.29, 0.717) is 17.2 Å². The SMILES string of the molecule is Cc1ncc(C(=O)NC(Cc2ccc[nH]2)C(=O)C(N)=O)n1-c1cccnc1. The van der Waals surface area contributed by atoms with Gasteiger partial charge in [0.2, 0.25) is 5.78 Å². The second-order valence-corrected chi connectivity index (χ2v) is 5.89. The van der Waals surface area contributed by atoms with Crippen molar-refractivity contribution in [2.24, 2.45) is 5.73 Å². The van der Waals surface area contributed by atoms with Gasteiger partial charge in [0.15, 0.2) is 0 Å². The number of rotatable bonds is 7. The Bertz CT molecular complexity index is 962. The van der Waals surface area contributed by atoms with Gasteiger partial charge in [-0.3, -0.25) is 23.9 Å². The zero-order valence-electron chi connectivity index (χ0n) is 14.5. The summed E-state index contributed by atoms with van der Waals surface area (Å²) in [6, 6.07) is 5.93. The molecule has 0 aliphatic heterocycles. The van der Waals surface area contributed by atoms with Crippen molar-refractivity contribution in [3.63, 3.8) is 0 Å². The van der Waals surface area contributed by atoms with Crippen molar-refractivity contribution < 1.29 is 14.4 Å². The molecule has 0 bridgehead atoms. The van der Waals surface area contributed by atoms with Crippen LogP contribution in [-0.2, 0) is 16.0 Å². The predicted molar refractivity (Wildman–Crippen MR) is 96.0 cm³/mol. The number of amides is 2. The molecule has 3 heterocycles. The molecule has 0 aliphatic carbocycles. The summed E-state index contributed by atoms with van der Waals surface area (Å²) >= 11 is 0. The molecule has 0 fully saturated rings. The molecule has 3 aromatic heterocycles. The van der Waals surface area contributed by atoms with Crippen molar-refractivity contribution in [2.75, 3.05) is 0 Å². The van der Waals surface area contributed by atoms with Crippen LogP contribution in [-0.4, -0.2) is 43.2 Å². The number of pyridine rings is 1. The molecule has 0 saturated heterocycles. The second-order valence-electron chi connectivity index (χ2n) is 5.89. The molecule has 0 saturated carbocycles. The van der Waals surface area contributed by atoms with Gasteiger partial charge in [0, 0.05) is 24.5 Å². The molecule has 9 heteroatoms. The number of Topliss-reactive ketones (excluding diaryl/α,β-unsaturated/α-hetero) is 1. The Morgan fingerprint density at radius 1 is 1.26 bits per heavy atom. The highest BCUT2D eigenvalue weighted by atomic mass is 16.2. The van der Waals surface area contributed by atoms with Gasteiger partial charge in [-0.1, -0.05) is 0 Å². The molecule has 4 N–H and O–H groups in total. The van der Waals surface area contributed by atoms with Gasteiger partial charge in [0.05, 0.1) is 18.1 Å². The third kappa shape index (κ3) is 3.92. The first-order valence-corrected chi connectivity index (χ1v) is 8.19. The zero-order chi connectivity index (χ0) is 19.4. The van der Waals surface area contributed by atoms with Crippen LogP contribution in [0.2, 0.25) is 0 Å². The van der Waals surface area contributed by atoms with Crippen molar-refractivity contribution in [1.29, 1.82) is 0 Å². The summed E-state index contributed by atoms with van der Waals surface area (Å²) in [5, 5.41) is 2.59. The highest BCUT2D eigenvalue weighted by Crippen LogP contribution is 2.14. The number of aromatic amines is 1. The van der Waals surface area contributed by atoms with Crippen LogP contribution in [0.4, 0.5) is 0 Å². The first kappa shape index (κ1) is 18.1. The number of hydrogen-bond acceptors (Lipinski definition) is 5. The lowest BCUT2D eigenvalue weighted by Crippen LogP contribution is -2.47. The Hall–Kier alpha value is -3.75. The van der Waals surface area contributed by atoms with E-state index in [-0.39, 0.29) is 12.1 Å². The molecular formula is C18H18N6O3. The average Bonchev–Trinajstić information content (AvgIpc) is 3.30. The number of ketones is 1. The molecule has 0 spiro atoms. The monoisotopic (exact) mass is 366 g/mol. The number of nitrogens with zero attached hydrogens (tertiary/aromatic N) is 3. The molecule has 1 atom stereocenters. The van der Waals surface area contributed by atoms with E-state index in [1.54, 1.807) is 54.3 Å². The number of imidazole rings is 1. The summed E-state index contributed by atoms with van der Waals surface area (Å²) in [5.74, 6) is -1.95. The van der Waals surface area contributed by atoms with Crippen LogP contribution in [0, 0.1) is 6.92 Å². The number of nitrogens with two attached hydrogens (primary N) is 1. The van der Waals surface area contributed by atoms with Gasteiger partial charge in [0.1, 0.15) is 17.6 Å². The van der Waals surface area contributed by atoms with Gasteiger partial charge in [-0.2, -0.15) is 0 Å². The van der Waals surface area contributed by atoms with Crippen LogP contribution in [0.15, 0.2) is 49.1 Å². The van der Waals surface area contributed by atoms with E-state index in [2.05, 4.69) is 20.3 Å². The number of aromatic nitrogens is 4. The smallest absolute Gasteiger partial charge is 0.287 e. The molecule has 3 rings (SSSR count). The van der Waals surface area contributed by atoms with Crippen molar-refractivity contribution in [1.82, 2.24) is 24.8 Å². The number of nitrogens with one attached hydrogen (secondary N) is 2. The minimum atomic E-state index is -1.11. The van der Waals surface area contributed by atoms with Gasteiger partial charge in [-0.25, -0.2) is 4.98 Å². The van der Waals surface area contributed by atoms with E-state index < -0.39 is 23.6 Å². The average molecular weight is 366 g/mol. The van der Waals surface area contributed by atoms with Crippen LogP contribution in [0.1, 0.15) is 22.0 Å². The van der Waals surface area contributed by atoms with Crippen LogP contribution in [0.5, 0.6) is 0 Å². The number of hydrogen-bond donors (Lipinski definition) is 3. The maximum absolute atomic E-state index is 12.8. The Morgan fingerprint density at radius 3 is 2.70 bits per heavy atom. The van der Waals surface area contributed by atoms with E-state index >= 15 is 0 Å². The largest absolute Gasteiger partial charge is 0.365 e. The number of carbonyl (C=O) groups excluding carboxylic acids is 3. The minimum absolute atomic E-state index is 0.112. The summed E-state index contributed by atoms with van der Waals surface area (Å²) in [6.07, 6.45) is 6.41. The number of carbonyl (C=O) groups is 3. The molecule has 27 heavy (non-hydrogen) atoms. The van der Waals surface area contributed by atoms with E-state index in [1.165, 1.54) is 6.20 Å². The molecule has 0 aromatic carbocycles. The van der Waals surface area contributed by atoms with Gasteiger partial charge >= 0.3 is 0 Å². The maximum atomic E-state index is 12.8. The molecule has 2 amide bonds. The molecule has 3 aromatic rings. The fraction of sp³-hybridized carbons (Fsp3) is 0.167. The van der Waals surface area contributed by atoms with E-state index in [9.17, 15) is 14.4 Å². The Labute approximate surface area is 154 Å². The highest BCUT2D eigenvalue weighted by molar-refractivity contribution is 6.38. The van der Waals surface area contributed by atoms with Gasteiger partial charge in [-0.05, 0) is 31.2 Å². The normalized spacial score (nSPS) is 11.7. The number of aryl methyl sites for hydroxylation is 1. The van der Waals surface area contributed by atoms with E-state index in [1.807, 2.05) is 0 Å². The van der Waals surface area contributed by atoms with Crippen molar-refractivity contribution >= 4 is 17.6 Å². The number of H-pyrrole nitrogens is 1. The summed E-state index contributed by atoms with van der Waals surface area (Å²) in [6.45, 7) is 1.74. The minimum Gasteiger partial charge on any atom is -0.365 e. The van der Waals surface area contributed by atoms with Crippen molar-refractivity contribution in [3.8, 4) is 5.69 Å². The maximum Gasteiger partial charge on any atom is 0.287 e. The molecule has 9 nitrogen and oxygen atoms in total.